The number of anilines is 1. The molecule has 1 fully saturated rings. The number of rotatable bonds is 4. The summed E-state index contributed by atoms with van der Waals surface area (Å²) >= 11 is 0. The highest BCUT2D eigenvalue weighted by Crippen LogP contribution is 2.39. The molecule has 2 amide bonds. The van der Waals surface area contributed by atoms with E-state index in [1.165, 1.54) is 0 Å². The fourth-order valence-electron chi connectivity index (χ4n) is 3.60. The Balaban J connectivity index is 1.30. The first-order valence-corrected chi connectivity index (χ1v) is 9.21. The smallest absolute Gasteiger partial charge is 0.255 e. The molecule has 3 heterocycles. The van der Waals surface area contributed by atoms with E-state index in [1.54, 1.807) is 17.3 Å². The quantitative estimate of drug-likeness (QED) is 0.745. The van der Waals surface area contributed by atoms with Gasteiger partial charge in [-0.25, -0.2) is 9.97 Å². The van der Waals surface area contributed by atoms with E-state index >= 15 is 0 Å². The average Bonchev–Trinajstić information content (AvgIpc) is 3.32. The highest BCUT2D eigenvalue weighted by Gasteiger charge is 2.27. The third kappa shape index (κ3) is 2.85. The molecule has 0 atom stereocenters. The normalized spacial score (nSPS) is 15.8. The van der Waals surface area contributed by atoms with Gasteiger partial charge in [-0.15, -0.1) is 0 Å². The maximum atomic E-state index is 12.6. The molecule has 0 radical (unpaired) electrons. The molecule has 2 aromatic heterocycles. The third-order valence-corrected chi connectivity index (χ3v) is 5.23. The molecule has 7 nitrogen and oxygen atoms in total. The molecule has 0 spiro atoms. The van der Waals surface area contributed by atoms with Crippen LogP contribution >= 0.6 is 0 Å². The number of nitrogens with zero attached hydrogens (tertiary/aromatic N) is 3. The van der Waals surface area contributed by atoms with Gasteiger partial charge in [-0.1, -0.05) is 18.2 Å². The van der Waals surface area contributed by atoms with Crippen molar-refractivity contribution in [3.8, 4) is 0 Å². The van der Waals surface area contributed by atoms with E-state index in [0.717, 1.165) is 36.2 Å². The molecule has 0 saturated heterocycles. The zero-order valence-corrected chi connectivity index (χ0v) is 14.7. The van der Waals surface area contributed by atoms with E-state index in [9.17, 15) is 9.59 Å². The Labute approximate surface area is 155 Å². The van der Waals surface area contributed by atoms with Gasteiger partial charge in [0.1, 0.15) is 5.52 Å². The Kier molecular flexibility index (Phi) is 3.67. The van der Waals surface area contributed by atoms with Crippen molar-refractivity contribution in [2.45, 2.75) is 25.2 Å². The lowest BCUT2D eigenvalue weighted by molar-refractivity contribution is -0.117. The maximum absolute atomic E-state index is 12.6. The van der Waals surface area contributed by atoms with Crippen LogP contribution in [0.3, 0.4) is 0 Å². The fraction of sp³-hybridized carbons (Fsp3) is 0.300. The van der Waals surface area contributed by atoms with Crippen molar-refractivity contribution in [2.75, 3.05) is 18.0 Å². The second-order valence-electron chi connectivity index (χ2n) is 7.08. The molecule has 136 valence electrons. The number of carbonyl (C=O) groups is 2. The third-order valence-electron chi connectivity index (χ3n) is 5.23. The summed E-state index contributed by atoms with van der Waals surface area (Å²) in [6, 6.07) is 7.87. The van der Waals surface area contributed by atoms with Crippen LogP contribution in [0.5, 0.6) is 0 Å². The van der Waals surface area contributed by atoms with Crippen molar-refractivity contribution in [3.05, 3.63) is 53.5 Å². The molecule has 1 saturated carbocycles. The SMILES string of the molecule is O=C(NCC(=O)N1CCc2ccccc21)c1c[nH]c2ncc(C3CC3)nc12. The van der Waals surface area contributed by atoms with Gasteiger partial charge < -0.3 is 15.2 Å². The lowest BCUT2D eigenvalue weighted by Gasteiger charge is -2.17. The van der Waals surface area contributed by atoms with Crippen LogP contribution < -0.4 is 10.2 Å². The van der Waals surface area contributed by atoms with Crippen molar-refractivity contribution in [1.82, 2.24) is 20.3 Å². The number of aromatic amines is 1. The number of nitrogens with one attached hydrogen (secondary N) is 2. The van der Waals surface area contributed by atoms with Gasteiger partial charge in [0, 0.05) is 24.3 Å². The Morgan fingerprint density at radius 1 is 1.26 bits per heavy atom. The zero-order chi connectivity index (χ0) is 18.4. The molecule has 1 aromatic carbocycles. The second-order valence-corrected chi connectivity index (χ2v) is 7.08. The van der Waals surface area contributed by atoms with Gasteiger partial charge in [0.25, 0.3) is 5.91 Å². The fourth-order valence-corrected chi connectivity index (χ4v) is 3.60. The van der Waals surface area contributed by atoms with Gasteiger partial charge in [-0.05, 0) is 30.9 Å². The van der Waals surface area contributed by atoms with Crippen LogP contribution in [0.25, 0.3) is 11.2 Å². The summed E-state index contributed by atoms with van der Waals surface area (Å²) in [4.78, 5) is 38.9. The summed E-state index contributed by atoms with van der Waals surface area (Å²) < 4.78 is 0. The maximum Gasteiger partial charge on any atom is 0.255 e. The highest BCUT2D eigenvalue weighted by molar-refractivity contribution is 6.06. The van der Waals surface area contributed by atoms with Crippen LogP contribution in [0, 0.1) is 0 Å². The highest BCUT2D eigenvalue weighted by atomic mass is 16.2. The van der Waals surface area contributed by atoms with E-state index in [1.807, 2.05) is 24.3 Å². The molecule has 2 N–H and O–H groups in total. The Morgan fingerprint density at radius 2 is 2.11 bits per heavy atom. The number of para-hydroxylation sites is 1. The van der Waals surface area contributed by atoms with Crippen LogP contribution in [0.4, 0.5) is 5.69 Å². The van der Waals surface area contributed by atoms with Gasteiger partial charge >= 0.3 is 0 Å². The Bertz CT molecular complexity index is 1050. The molecule has 7 heteroatoms. The summed E-state index contributed by atoms with van der Waals surface area (Å²) in [5.74, 6) is 0.0340. The summed E-state index contributed by atoms with van der Waals surface area (Å²) in [5.41, 5.74) is 4.61. The van der Waals surface area contributed by atoms with Gasteiger partial charge in [0.2, 0.25) is 5.91 Å². The van der Waals surface area contributed by atoms with Crippen molar-refractivity contribution < 1.29 is 9.59 Å². The van der Waals surface area contributed by atoms with Gasteiger partial charge in [-0.3, -0.25) is 9.59 Å². The number of fused-ring (bicyclic) bond motifs is 2. The van der Waals surface area contributed by atoms with E-state index in [4.69, 9.17) is 0 Å². The van der Waals surface area contributed by atoms with Crippen LogP contribution in [0.2, 0.25) is 0 Å². The molecule has 27 heavy (non-hydrogen) atoms. The molecule has 0 unspecified atom stereocenters. The minimum Gasteiger partial charge on any atom is -0.344 e. The van der Waals surface area contributed by atoms with E-state index in [0.29, 0.717) is 29.2 Å². The van der Waals surface area contributed by atoms with Crippen molar-refractivity contribution in [3.63, 3.8) is 0 Å². The van der Waals surface area contributed by atoms with Crippen molar-refractivity contribution >= 4 is 28.7 Å². The minimum atomic E-state index is -0.315. The van der Waals surface area contributed by atoms with E-state index in [2.05, 4.69) is 20.3 Å². The van der Waals surface area contributed by atoms with Crippen molar-refractivity contribution in [1.29, 1.82) is 0 Å². The Morgan fingerprint density at radius 3 is 2.96 bits per heavy atom. The van der Waals surface area contributed by atoms with Crippen LogP contribution in [-0.2, 0) is 11.2 Å². The van der Waals surface area contributed by atoms with E-state index < -0.39 is 0 Å². The monoisotopic (exact) mass is 361 g/mol. The lowest BCUT2D eigenvalue weighted by Crippen LogP contribution is -2.39. The number of hydrogen-bond acceptors (Lipinski definition) is 4. The number of H-pyrrole nitrogens is 1. The molecule has 0 bridgehead atoms. The molecule has 5 rings (SSSR count). The van der Waals surface area contributed by atoms with Gasteiger partial charge in [0.05, 0.1) is 24.0 Å². The van der Waals surface area contributed by atoms with Crippen LogP contribution in [0.15, 0.2) is 36.7 Å². The molecular formula is C20H19N5O2. The van der Waals surface area contributed by atoms with Gasteiger partial charge in [0.15, 0.2) is 5.65 Å². The largest absolute Gasteiger partial charge is 0.344 e. The van der Waals surface area contributed by atoms with Crippen LogP contribution in [0.1, 0.15) is 40.4 Å². The topological polar surface area (TPSA) is 91.0 Å². The molecule has 1 aliphatic carbocycles. The average molecular weight is 361 g/mol. The standard InChI is InChI=1S/C20H19N5O2/c26-17(25-8-7-13-3-1-2-4-16(13)25)11-23-20(27)14-9-21-19-18(14)24-15(10-22-19)12-5-6-12/h1-4,9-10,12H,5-8,11H2,(H,21,22)(H,23,27). The van der Waals surface area contributed by atoms with Gasteiger partial charge in [-0.2, -0.15) is 0 Å². The first-order valence-electron chi connectivity index (χ1n) is 9.21. The Hall–Kier alpha value is -3.22. The lowest BCUT2D eigenvalue weighted by atomic mass is 10.2. The second kappa shape index (κ2) is 6.19. The number of benzene rings is 1. The summed E-state index contributed by atoms with van der Waals surface area (Å²) in [7, 11) is 0. The molecular weight excluding hydrogens is 342 g/mol. The first-order chi connectivity index (χ1) is 13.2. The zero-order valence-electron chi connectivity index (χ0n) is 14.7. The number of amides is 2. The number of hydrogen-bond donors (Lipinski definition) is 2. The molecule has 3 aromatic rings. The molecule has 2 aliphatic rings. The van der Waals surface area contributed by atoms with Crippen molar-refractivity contribution in [2.24, 2.45) is 0 Å². The van der Waals surface area contributed by atoms with E-state index in [-0.39, 0.29) is 18.4 Å². The summed E-state index contributed by atoms with van der Waals surface area (Å²) in [5, 5.41) is 2.73. The summed E-state index contributed by atoms with van der Waals surface area (Å²) in [6.07, 6.45) is 6.46. The number of aromatic nitrogens is 3. The predicted molar refractivity (Wildman–Crippen MR) is 101 cm³/mol. The summed E-state index contributed by atoms with van der Waals surface area (Å²) in [6.45, 7) is 0.604. The molecule has 1 aliphatic heterocycles. The van der Waals surface area contributed by atoms with Crippen LogP contribution in [-0.4, -0.2) is 39.9 Å². The first kappa shape index (κ1) is 16.0. The predicted octanol–water partition coefficient (Wildman–Crippen LogP) is 2.15. The number of carbonyl (C=O) groups excluding carboxylic acids is 2. The minimum absolute atomic E-state index is 0.0460.